The SMILES string of the molecule is O=C(Cn1c(=O)oc2ccccc21)Nc1ccc(F)c([N+](=O)[O-])c1. The lowest BCUT2D eigenvalue weighted by Crippen LogP contribution is -2.24. The second-order valence-corrected chi connectivity index (χ2v) is 4.89. The van der Waals surface area contributed by atoms with E-state index in [2.05, 4.69) is 5.32 Å². The number of carbonyl (C=O) groups excluding carboxylic acids is 1. The minimum atomic E-state index is -1.00. The molecule has 0 saturated carbocycles. The van der Waals surface area contributed by atoms with Gasteiger partial charge in [-0.25, -0.2) is 4.79 Å². The van der Waals surface area contributed by atoms with Gasteiger partial charge in [-0.3, -0.25) is 19.5 Å². The summed E-state index contributed by atoms with van der Waals surface area (Å²) in [5.41, 5.74) is 0.0862. The Morgan fingerprint density at radius 1 is 1.29 bits per heavy atom. The zero-order valence-corrected chi connectivity index (χ0v) is 12.1. The molecule has 3 rings (SSSR count). The molecule has 1 aromatic heterocycles. The number of carbonyl (C=O) groups is 1. The lowest BCUT2D eigenvalue weighted by molar-refractivity contribution is -0.387. The van der Waals surface area contributed by atoms with Gasteiger partial charge in [0.1, 0.15) is 6.54 Å². The molecule has 0 aliphatic rings. The third-order valence-electron chi connectivity index (χ3n) is 3.30. The standard InChI is InChI=1S/C15H10FN3O5/c16-10-6-5-9(7-12(10)19(22)23)17-14(20)8-18-11-3-1-2-4-13(11)24-15(18)21/h1-7H,8H2,(H,17,20). The maximum atomic E-state index is 13.3. The van der Waals surface area contributed by atoms with Crippen LogP contribution < -0.4 is 11.1 Å². The number of rotatable bonds is 4. The van der Waals surface area contributed by atoms with Crippen LogP contribution in [0.5, 0.6) is 0 Å². The number of amides is 1. The Balaban J connectivity index is 1.83. The molecule has 0 aliphatic carbocycles. The number of oxazole rings is 1. The number of anilines is 1. The first-order valence-electron chi connectivity index (χ1n) is 6.78. The van der Waals surface area contributed by atoms with Crippen molar-refractivity contribution in [1.29, 1.82) is 0 Å². The van der Waals surface area contributed by atoms with Crippen molar-refractivity contribution in [2.24, 2.45) is 0 Å². The van der Waals surface area contributed by atoms with Crippen LogP contribution in [0, 0.1) is 15.9 Å². The van der Waals surface area contributed by atoms with E-state index in [9.17, 15) is 24.1 Å². The third-order valence-corrected chi connectivity index (χ3v) is 3.30. The number of nitrogens with zero attached hydrogens (tertiary/aromatic N) is 2. The Labute approximate surface area is 133 Å². The molecule has 122 valence electrons. The molecule has 0 fully saturated rings. The van der Waals surface area contributed by atoms with Gasteiger partial charge in [0, 0.05) is 11.8 Å². The Kier molecular flexibility index (Phi) is 3.82. The molecule has 1 N–H and O–H groups in total. The van der Waals surface area contributed by atoms with E-state index in [1.165, 1.54) is 6.07 Å². The predicted octanol–water partition coefficient (Wildman–Crippen LogP) is 2.28. The number of nitro benzene ring substituents is 1. The first-order valence-corrected chi connectivity index (χ1v) is 6.78. The largest absolute Gasteiger partial charge is 0.420 e. The van der Waals surface area contributed by atoms with Gasteiger partial charge in [-0.1, -0.05) is 12.1 Å². The molecule has 0 bridgehead atoms. The maximum absolute atomic E-state index is 13.3. The molecular formula is C15H10FN3O5. The summed E-state index contributed by atoms with van der Waals surface area (Å²) in [5, 5.41) is 13.1. The Morgan fingerprint density at radius 3 is 2.79 bits per heavy atom. The zero-order chi connectivity index (χ0) is 17.3. The van der Waals surface area contributed by atoms with Gasteiger partial charge in [0.2, 0.25) is 11.7 Å². The average molecular weight is 331 g/mol. The van der Waals surface area contributed by atoms with Crippen LogP contribution in [0.3, 0.4) is 0 Å². The Morgan fingerprint density at radius 2 is 2.04 bits per heavy atom. The molecule has 9 heteroatoms. The molecule has 0 atom stereocenters. The van der Waals surface area contributed by atoms with Crippen LogP contribution in [0.15, 0.2) is 51.7 Å². The second kappa shape index (κ2) is 5.95. The monoisotopic (exact) mass is 331 g/mol. The predicted molar refractivity (Wildman–Crippen MR) is 82.2 cm³/mol. The van der Waals surface area contributed by atoms with Crippen LogP contribution >= 0.6 is 0 Å². The summed E-state index contributed by atoms with van der Waals surface area (Å²) in [6, 6.07) is 9.57. The summed E-state index contributed by atoms with van der Waals surface area (Å²) >= 11 is 0. The Bertz CT molecular complexity index is 1010. The van der Waals surface area contributed by atoms with Gasteiger partial charge in [-0.15, -0.1) is 0 Å². The van der Waals surface area contributed by atoms with Crippen molar-refractivity contribution in [1.82, 2.24) is 4.57 Å². The molecule has 3 aromatic rings. The van der Waals surface area contributed by atoms with E-state index >= 15 is 0 Å². The van der Waals surface area contributed by atoms with Gasteiger partial charge < -0.3 is 9.73 Å². The summed E-state index contributed by atoms with van der Waals surface area (Å²) < 4.78 is 19.4. The van der Waals surface area contributed by atoms with E-state index in [1.807, 2.05) is 0 Å². The van der Waals surface area contributed by atoms with Crippen molar-refractivity contribution in [3.8, 4) is 0 Å². The number of para-hydroxylation sites is 2. The highest BCUT2D eigenvalue weighted by Crippen LogP contribution is 2.21. The summed E-state index contributed by atoms with van der Waals surface area (Å²) in [5.74, 6) is -2.31. The minimum Gasteiger partial charge on any atom is -0.408 e. The van der Waals surface area contributed by atoms with Crippen molar-refractivity contribution in [3.63, 3.8) is 0 Å². The smallest absolute Gasteiger partial charge is 0.408 e. The number of hydrogen-bond donors (Lipinski definition) is 1. The van der Waals surface area contributed by atoms with Crippen LogP contribution in [0.2, 0.25) is 0 Å². The molecule has 0 unspecified atom stereocenters. The van der Waals surface area contributed by atoms with Gasteiger partial charge in [0.15, 0.2) is 5.58 Å². The number of hydrogen-bond acceptors (Lipinski definition) is 5. The maximum Gasteiger partial charge on any atom is 0.420 e. The first-order chi connectivity index (χ1) is 11.5. The zero-order valence-electron chi connectivity index (χ0n) is 12.1. The Hall–Kier alpha value is -3.49. The van der Waals surface area contributed by atoms with E-state index in [1.54, 1.807) is 24.3 Å². The van der Waals surface area contributed by atoms with Crippen LogP contribution in [-0.4, -0.2) is 15.4 Å². The number of nitrogens with one attached hydrogen (secondary N) is 1. The van der Waals surface area contributed by atoms with E-state index in [-0.39, 0.29) is 12.2 Å². The van der Waals surface area contributed by atoms with Crippen LogP contribution in [0.4, 0.5) is 15.8 Å². The van der Waals surface area contributed by atoms with Gasteiger partial charge in [0.05, 0.1) is 10.4 Å². The molecule has 0 radical (unpaired) electrons. The molecule has 0 saturated heterocycles. The third kappa shape index (κ3) is 2.86. The normalized spacial score (nSPS) is 10.7. The van der Waals surface area contributed by atoms with Gasteiger partial charge in [-0.2, -0.15) is 4.39 Å². The lowest BCUT2D eigenvalue weighted by Gasteiger charge is -2.06. The number of aromatic nitrogens is 1. The summed E-state index contributed by atoms with van der Waals surface area (Å²) in [7, 11) is 0. The average Bonchev–Trinajstić information content (AvgIpc) is 2.85. The van der Waals surface area contributed by atoms with Gasteiger partial charge >= 0.3 is 11.4 Å². The van der Waals surface area contributed by atoms with Crippen LogP contribution in [-0.2, 0) is 11.3 Å². The summed E-state index contributed by atoms with van der Waals surface area (Å²) in [6.45, 7) is -0.346. The van der Waals surface area contributed by atoms with Crippen LogP contribution in [0.25, 0.3) is 11.1 Å². The number of fused-ring (bicyclic) bond motifs is 1. The van der Waals surface area contributed by atoms with Gasteiger partial charge in [-0.05, 0) is 24.3 Å². The quantitative estimate of drug-likeness (QED) is 0.583. The van der Waals surface area contributed by atoms with Crippen molar-refractivity contribution >= 4 is 28.4 Å². The molecule has 0 aliphatic heterocycles. The molecule has 1 amide bonds. The van der Waals surface area contributed by atoms with E-state index in [4.69, 9.17) is 4.42 Å². The highest BCUT2D eigenvalue weighted by molar-refractivity contribution is 5.91. The topological polar surface area (TPSA) is 107 Å². The number of nitro groups is 1. The second-order valence-electron chi connectivity index (χ2n) is 4.89. The van der Waals surface area contributed by atoms with Crippen molar-refractivity contribution in [2.75, 3.05) is 5.32 Å². The fraction of sp³-hybridized carbons (Fsp3) is 0.0667. The van der Waals surface area contributed by atoms with Crippen LogP contribution in [0.1, 0.15) is 0 Å². The molecule has 0 spiro atoms. The lowest BCUT2D eigenvalue weighted by atomic mass is 10.2. The van der Waals surface area contributed by atoms with Crippen molar-refractivity contribution in [2.45, 2.75) is 6.54 Å². The van der Waals surface area contributed by atoms with E-state index in [0.717, 1.165) is 16.7 Å². The minimum absolute atomic E-state index is 0.0500. The van der Waals surface area contributed by atoms with Gasteiger partial charge in [0.25, 0.3) is 0 Å². The van der Waals surface area contributed by atoms with E-state index in [0.29, 0.717) is 11.1 Å². The van der Waals surface area contributed by atoms with E-state index < -0.39 is 28.1 Å². The fourth-order valence-corrected chi connectivity index (χ4v) is 2.24. The van der Waals surface area contributed by atoms with Crippen molar-refractivity contribution < 1.29 is 18.5 Å². The molecule has 2 aromatic carbocycles. The highest BCUT2D eigenvalue weighted by Gasteiger charge is 2.16. The highest BCUT2D eigenvalue weighted by atomic mass is 19.1. The fourth-order valence-electron chi connectivity index (χ4n) is 2.24. The number of benzene rings is 2. The summed E-state index contributed by atoms with van der Waals surface area (Å²) in [6.07, 6.45) is 0. The molecule has 1 heterocycles. The summed E-state index contributed by atoms with van der Waals surface area (Å²) in [4.78, 5) is 33.7. The molecule has 24 heavy (non-hydrogen) atoms. The first kappa shape index (κ1) is 15.4. The van der Waals surface area contributed by atoms with Crippen molar-refractivity contribution in [3.05, 3.63) is 68.9 Å². The molecular weight excluding hydrogens is 321 g/mol. The molecule has 8 nitrogen and oxygen atoms in total. The number of halogens is 1.